The van der Waals surface area contributed by atoms with Crippen molar-refractivity contribution >= 4 is 32.9 Å². The third-order valence-electron chi connectivity index (χ3n) is 3.64. The zero-order valence-electron chi connectivity index (χ0n) is 11.6. The van der Waals surface area contributed by atoms with Crippen LogP contribution < -0.4 is 5.73 Å². The highest BCUT2D eigenvalue weighted by atomic mass is 79.9. The molecule has 0 saturated heterocycles. The van der Waals surface area contributed by atoms with Crippen molar-refractivity contribution in [3.05, 3.63) is 58.3 Å². The fraction of sp³-hybridized carbons (Fsp3) is 0.188. The lowest BCUT2D eigenvalue weighted by atomic mass is 10.0. The molecule has 2 N–H and O–H groups in total. The van der Waals surface area contributed by atoms with Gasteiger partial charge in [-0.25, -0.2) is 9.37 Å². The van der Waals surface area contributed by atoms with Crippen molar-refractivity contribution in [3.8, 4) is 0 Å². The van der Waals surface area contributed by atoms with Crippen LogP contribution in [-0.4, -0.2) is 9.55 Å². The highest BCUT2D eigenvalue weighted by molar-refractivity contribution is 9.10. The Labute approximate surface area is 130 Å². The van der Waals surface area contributed by atoms with E-state index in [1.165, 1.54) is 11.6 Å². The van der Waals surface area contributed by atoms with Gasteiger partial charge in [0, 0.05) is 12.6 Å². The van der Waals surface area contributed by atoms with Crippen LogP contribution in [0.3, 0.4) is 0 Å². The van der Waals surface area contributed by atoms with Crippen molar-refractivity contribution in [2.24, 2.45) is 0 Å². The van der Waals surface area contributed by atoms with Gasteiger partial charge in [0.25, 0.3) is 0 Å². The third-order valence-corrected chi connectivity index (χ3v) is 4.25. The minimum Gasteiger partial charge on any atom is -0.369 e. The van der Waals surface area contributed by atoms with Gasteiger partial charge >= 0.3 is 0 Å². The van der Waals surface area contributed by atoms with E-state index in [1.54, 1.807) is 6.07 Å². The lowest BCUT2D eigenvalue weighted by Crippen LogP contribution is -2.09. The van der Waals surface area contributed by atoms with E-state index in [2.05, 4.69) is 40.0 Å². The van der Waals surface area contributed by atoms with E-state index < -0.39 is 0 Å². The van der Waals surface area contributed by atoms with Gasteiger partial charge in [-0.1, -0.05) is 37.3 Å². The summed E-state index contributed by atoms with van der Waals surface area (Å²) in [5, 5.41) is 0. The van der Waals surface area contributed by atoms with Crippen LogP contribution in [0, 0.1) is 5.82 Å². The average Bonchev–Trinajstić information content (AvgIpc) is 2.76. The number of aromatic nitrogens is 2. The van der Waals surface area contributed by atoms with Crippen LogP contribution >= 0.6 is 15.9 Å². The maximum absolute atomic E-state index is 13.6. The molecule has 0 bridgehead atoms. The number of hydrogen-bond acceptors (Lipinski definition) is 2. The van der Waals surface area contributed by atoms with Gasteiger partial charge in [-0.15, -0.1) is 0 Å². The number of nitrogen functional groups attached to an aromatic ring is 1. The van der Waals surface area contributed by atoms with E-state index in [0.717, 1.165) is 5.52 Å². The molecule has 0 fully saturated rings. The first kappa shape index (κ1) is 14.1. The number of fused-ring (bicyclic) bond motifs is 1. The maximum Gasteiger partial charge on any atom is 0.201 e. The molecule has 0 spiro atoms. The molecule has 3 nitrogen and oxygen atoms in total. The predicted molar refractivity (Wildman–Crippen MR) is 86.7 cm³/mol. The average molecular weight is 348 g/mol. The number of benzene rings is 2. The summed E-state index contributed by atoms with van der Waals surface area (Å²) < 4.78 is 15.9. The van der Waals surface area contributed by atoms with Gasteiger partial charge < -0.3 is 10.3 Å². The molecule has 3 rings (SSSR count). The van der Waals surface area contributed by atoms with Gasteiger partial charge in [0.15, 0.2) is 0 Å². The molecule has 1 aromatic heterocycles. The summed E-state index contributed by atoms with van der Waals surface area (Å²) in [6, 6.07) is 13.4. The van der Waals surface area contributed by atoms with Crippen molar-refractivity contribution in [2.45, 2.75) is 19.4 Å². The maximum atomic E-state index is 13.6. The van der Waals surface area contributed by atoms with Crippen molar-refractivity contribution in [1.82, 2.24) is 9.55 Å². The van der Waals surface area contributed by atoms with Gasteiger partial charge in [0.05, 0.1) is 15.5 Å². The highest BCUT2D eigenvalue weighted by Crippen LogP contribution is 2.27. The Morgan fingerprint density at radius 1 is 1.29 bits per heavy atom. The van der Waals surface area contributed by atoms with E-state index in [0.29, 0.717) is 22.5 Å². The molecule has 21 heavy (non-hydrogen) atoms. The lowest BCUT2D eigenvalue weighted by molar-refractivity contribution is 0.614. The minimum absolute atomic E-state index is 0.287. The Hall–Kier alpha value is -1.88. The van der Waals surface area contributed by atoms with E-state index >= 15 is 0 Å². The first-order valence-electron chi connectivity index (χ1n) is 6.72. The number of anilines is 1. The topological polar surface area (TPSA) is 43.8 Å². The molecule has 0 amide bonds. The smallest absolute Gasteiger partial charge is 0.201 e. The summed E-state index contributed by atoms with van der Waals surface area (Å²) in [4.78, 5) is 4.24. The van der Waals surface area contributed by atoms with E-state index in [9.17, 15) is 4.39 Å². The Bertz CT molecular complexity index is 783. The summed E-state index contributed by atoms with van der Waals surface area (Å²) in [5.41, 5.74) is 8.64. The molecule has 1 atom stereocenters. The molecule has 0 saturated carbocycles. The number of halogens is 2. The molecule has 1 unspecified atom stereocenters. The second-order valence-corrected chi connectivity index (χ2v) is 6.00. The molecule has 1 heterocycles. The second kappa shape index (κ2) is 5.48. The van der Waals surface area contributed by atoms with E-state index in [4.69, 9.17) is 5.73 Å². The fourth-order valence-corrected chi connectivity index (χ4v) is 2.82. The molecule has 0 aliphatic carbocycles. The third kappa shape index (κ3) is 2.65. The second-order valence-electron chi connectivity index (χ2n) is 5.15. The number of hydrogen-bond donors (Lipinski definition) is 1. The van der Waals surface area contributed by atoms with Gasteiger partial charge in [-0.3, -0.25) is 0 Å². The molecule has 2 aromatic carbocycles. The van der Waals surface area contributed by atoms with Crippen LogP contribution in [0.1, 0.15) is 18.4 Å². The normalized spacial score (nSPS) is 12.7. The number of nitrogens with zero attached hydrogens (tertiary/aromatic N) is 2. The summed E-state index contributed by atoms with van der Waals surface area (Å²) in [6.45, 7) is 2.84. The monoisotopic (exact) mass is 347 g/mol. The minimum atomic E-state index is -0.330. The van der Waals surface area contributed by atoms with E-state index in [1.807, 2.05) is 22.8 Å². The van der Waals surface area contributed by atoms with Crippen LogP contribution in [0.5, 0.6) is 0 Å². The first-order valence-corrected chi connectivity index (χ1v) is 7.51. The van der Waals surface area contributed by atoms with Crippen molar-refractivity contribution in [1.29, 1.82) is 0 Å². The SMILES string of the molecule is CC(Cn1c(N)nc2cc(F)c(Br)cc21)c1ccccc1. The van der Waals surface area contributed by atoms with Crippen LogP contribution in [0.2, 0.25) is 0 Å². The van der Waals surface area contributed by atoms with Crippen LogP contribution in [0.25, 0.3) is 11.0 Å². The Balaban J connectivity index is 2.01. The quantitative estimate of drug-likeness (QED) is 0.766. The van der Waals surface area contributed by atoms with Gasteiger partial charge in [0.2, 0.25) is 5.95 Å². The zero-order valence-corrected chi connectivity index (χ0v) is 13.1. The Kier molecular flexibility index (Phi) is 3.68. The predicted octanol–water partition coefficient (Wildman–Crippen LogP) is 4.32. The molecule has 0 aliphatic rings. The number of imidazole rings is 1. The van der Waals surface area contributed by atoms with Gasteiger partial charge in [-0.05, 0) is 33.5 Å². The lowest BCUT2D eigenvalue weighted by Gasteiger charge is -2.14. The number of nitrogens with two attached hydrogens (primary N) is 1. The van der Waals surface area contributed by atoms with Crippen molar-refractivity contribution in [2.75, 3.05) is 5.73 Å². The highest BCUT2D eigenvalue weighted by Gasteiger charge is 2.14. The Morgan fingerprint density at radius 3 is 2.71 bits per heavy atom. The summed E-state index contributed by atoms with van der Waals surface area (Å²) in [7, 11) is 0. The van der Waals surface area contributed by atoms with Gasteiger partial charge in [0.1, 0.15) is 5.82 Å². The molecule has 0 radical (unpaired) electrons. The molecular formula is C16H15BrFN3. The van der Waals surface area contributed by atoms with Crippen molar-refractivity contribution < 1.29 is 4.39 Å². The molecule has 108 valence electrons. The Morgan fingerprint density at radius 2 is 2.00 bits per heavy atom. The summed E-state index contributed by atoms with van der Waals surface area (Å²) in [6.07, 6.45) is 0. The molecule has 5 heteroatoms. The summed E-state index contributed by atoms with van der Waals surface area (Å²) >= 11 is 3.21. The molecular weight excluding hydrogens is 333 g/mol. The van der Waals surface area contributed by atoms with Crippen molar-refractivity contribution in [3.63, 3.8) is 0 Å². The number of rotatable bonds is 3. The first-order chi connectivity index (χ1) is 10.1. The molecule has 0 aliphatic heterocycles. The van der Waals surface area contributed by atoms with E-state index in [-0.39, 0.29) is 11.7 Å². The van der Waals surface area contributed by atoms with Crippen LogP contribution in [0.4, 0.5) is 10.3 Å². The zero-order chi connectivity index (χ0) is 15.0. The summed E-state index contributed by atoms with van der Waals surface area (Å²) in [5.74, 6) is 0.364. The molecule has 3 aromatic rings. The van der Waals surface area contributed by atoms with Gasteiger partial charge in [-0.2, -0.15) is 0 Å². The van der Waals surface area contributed by atoms with Crippen LogP contribution in [-0.2, 0) is 6.54 Å². The standard InChI is InChI=1S/C16H15BrFN3/c1-10(11-5-3-2-4-6-11)9-21-15-7-12(17)13(18)8-14(15)20-16(21)19/h2-8,10H,9H2,1H3,(H2,19,20). The largest absolute Gasteiger partial charge is 0.369 e. The fourth-order valence-electron chi connectivity index (χ4n) is 2.49. The van der Waals surface area contributed by atoms with Crippen LogP contribution in [0.15, 0.2) is 46.9 Å².